The third-order valence-corrected chi connectivity index (χ3v) is 8.31. The van der Waals surface area contributed by atoms with Crippen LogP contribution in [-0.2, 0) is 26.2 Å². The number of anilines is 1. The van der Waals surface area contributed by atoms with E-state index in [1.807, 2.05) is 20.8 Å². The summed E-state index contributed by atoms with van der Waals surface area (Å²) >= 11 is 6.17. The van der Waals surface area contributed by atoms with Crippen molar-refractivity contribution in [2.24, 2.45) is 0 Å². The van der Waals surface area contributed by atoms with Gasteiger partial charge in [-0.15, -0.1) is 0 Å². The summed E-state index contributed by atoms with van der Waals surface area (Å²) in [5.41, 5.74) is 1.99. The first kappa shape index (κ1) is 31.0. The van der Waals surface area contributed by atoms with Crippen LogP contribution in [0.5, 0.6) is 5.75 Å². The summed E-state index contributed by atoms with van der Waals surface area (Å²) in [7, 11) is -4.16. The molecule has 10 heteroatoms. The quantitative estimate of drug-likeness (QED) is 0.298. The molecule has 0 aromatic heterocycles. The van der Waals surface area contributed by atoms with Crippen molar-refractivity contribution < 1.29 is 22.7 Å². The molecule has 40 heavy (non-hydrogen) atoms. The summed E-state index contributed by atoms with van der Waals surface area (Å²) in [5, 5.41) is 3.32. The van der Waals surface area contributed by atoms with E-state index in [2.05, 4.69) is 5.32 Å². The van der Waals surface area contributed by atoms with E-state index >= 15 is 0 Å². The Kier molecular flexibility index (Phi) is 11.0. The summed E-state index contributed by atoms with van der Waals surface area (Å²) in [6.45, 7) is 7.77. The van der Waals surface area contributed by atoms with Crippen LogP contribution >= 0.6 is 11.6 Å². The fourth-order valence-corrected chi connectivity index (χ4v) is 5.68. The number of aryl methyl sites for hydroxylation is 1. The second kappa shape index (κ2) is 14.2. The minimum Gasteiger partial charge on any atom is -0.494 e. The molecular formula is C30H36ClN3O5S. The molecule has 0 saturated heterocycles. The molecule has 0 unspecified atom stereocenters. The predicted molar refractivity (Wildman–Crippen MR) is 158 cm³/mol. The molecule has 3 aromatic rings. The third-order valence-electron chi connectivity index (χ3n) is 6.28. The topological polar surface area (TPSA) is 96.0 Å². The molecule has 0 spiro atoms. The lowest BCUT2D eigenvalue weighted by Crippen LogP contribution is -2.51. The zero-order valence-electron chi connectivity index (χ0n) is 23.3. The van der Waals surface area contributed by atoms with Gasteiger partial charge in [-0.2, -0.15) is 0 Å². The highest BCUT2D eigenvalue weighted by molar-refractivity contribution is 7.92. The molecule has 0 heterocycles. The average Bonchev–Trinajstić information content (AvgIpc) is 2.94. The van der Waals surface area contributed by atoms with Crippen molar-refractivity contribution in [3.8, 4) is 5.75 Å². The van der Waals surface area contributed by atoms with Crippen LogP contribution in [0.3, 0.4) is 0 Å². The molecule has 1 N–H and O–H groups in total. The Morgan fingerprint density at radius 2 is 1.68 bits per heavy atom. The first-order valence-electron chi connectivity index (χ1n) is 13.2. The normalized spacial score (nSPS) is 11.9. The molecule has 0 aliphatic heterocycles. The van der Waals surface area contributed by atoms with Crippen molar-refractivity contribution in [3.63, 3.8) is 0 Å². The fraction of sp³-hybridized carbons (Fsp3) is 0.333. The molecule has 0 radical (unpaired) electrons. The third kappa shape index (κ3) is 7.99. The van der Waals surface area contributed by atoms with Gasteiger partial charge < -0.3 is 15.0 Å². The van der Waals surface area contributed by atoms with Crippen molar-refractivity contribution in [1.82, 2.24) is 10.2 Å². The van der Waals surface area contributed by atoms with E-state index in [-0.39, 0.29) is 17.3 Å². The van der Waals surface area contributed by atoms with Crippen molar-refractivity contribution in [3.05, 3.63) is 88.9 Å². The number of rotatable bonds is 13. The first-order valence-corrected chi connectivity index (χ1v) is 15.0. The number of nitrogens with one attached hydrogen (secondary N) is 1. The molecule has 2 amide bonds. The molecule has 0 bridgehead atoms. The van der Waals surface area contributed by atoms with Crippen molar-refractivity contribution in [2.45, 2.75) is 51.6 Å². The zero-order valence-corrected chi connectivity index (χ0v) is 24.8. The van der Waals surface area contributed by atoms with E-state index in [1.54, 1.807) is 67.6 Å². The molecule has 0 aliphatic carbocycles. The molecular weight excluding hydrogens is 550 g/mol. The van der Waals surface area contributed by atoms with Gasteiger partial charge >= 0.3 is 0 Å². The number of ether oxygens (including phenoxy) is 1. The number of halogens is 1. The molecule has 3 rings (SSSR count). The minimum atomic E-state index is -4.16. The van der Waals surface area contributed by atoms with E-state index in [9.17, 15) is 18.0 Å². The highest BCUT2D eigenvalue weighted by Gasteiger charge is 2.32. The van der Waals surface area contributed by atoms with Crippen LogP contribution < -0.4 is 14.4 Å². The second-order valence-electron chi connectivity index (χ2n) is 9.37. The van der Waals surface area contributed by atoms with Crippen LogP contribution in [0.1, 0.15) is 38.3 Å². The van der Waals surface area contributed by atoms with Crippen molar-refractivity contribution in [2.75, 3.05) is 24.0 Å². The van der Waals surface area contributed by atoms with Crippen LogP contribution in [-0.4, -0.2) is 50.9 Å². The summed E-state index contributed by atoms with van der Waals surface area (Å²) < 4.78 is 34.3. The monoisotopic (exact) mass is 585 g/mol. The van der Waals surface area contributed by atoms with Gasteiger partial charge in [0.25, 0.3) is 10.0 Å². The molecule has 0 saturated carbocycles. The Morgan fingerprint density at radius 1 is 1.00 bits per heavy atom. The summed E-state index contributed by atoms with van der Waals surface area (Å²) in [5.74, 6) is -0.318. The van der Waals surface area contributed by atoms with Crippen LogP contribution in [0.25, 0.3) is 0 Å². The van der Waals surface area contributed by atoms with Crippen LogP contribution in [0.15, 0.2) is 77.7 Å². The van der Waals surface area contributed by atoms with E-state index in [0.717, 1.165) is 16.3 Å². The highest BCUT2D eigenvalue weighted by atomic mass is 35.5. The highest BCUT2D eigenvalue weighted by Crippen LogP contribution is 2.26. The van der Waals surface area contributed by atoms with Gasteiger partial charge in [-0.3, -0.25) is 13.9 Å². The number of carbonyl (C=O) groups excluding carboxylic acids is 2. The lowest BCUT2D eigenvalue weighted by atomic mass is 10.1. The van der Waals surface area contributed by atoms with E-state index in [0.29, 0.717) is 35.2 Å². The first-order chi connectivity index (χ1) is 19.1. The Hall–Kier alpha value is -3.56. The molecule has 0 aliphatic rings. The summed E-state index contributed by atoms with van der Waals surface area (Å²) in [6.07, 6.45) is 0.738. The Labute approximate surface area is 241 Å². The van der Waals surface area contributed by atoms with E-state index in [4.69, 9.17) is 16.3 Å². The Morgan fingerprint density at radius 3 is 2.27 bits per heavy atom. The number of sulfonamides is 1. The molecule has 214 valence electrons. The van der Waals surface area contributed by atoms with E-state index < -0.39 is 28.5 Å². The van der Waals surface area contributed by atoms with Crippen molar-refractivity contribution in [1.29, 1.82) is 0 Å². The van der Waals surface area contributed by atoms with Gasteiger partial charge in [0.15, 0.2) is 0 Å². The lowest BCUT2D eigenvalue weighted by Gasteiger charge is -2.32. The van der Waals surface area contributed by atoms with Crippen molar-refractivity contribution >= 4 is 39.1 Å². The summed E-state index contributed by atoms with van der Waals surface area (Å²) in [6, 6.07) is 19.1. The smallest absolute Gasteiger partial charge is 0.264 e. The maximum Gasteiger partial charge on any atom is 0.264 e. The van der Waals surface area contributed by atoms with E-state index in [1.165, 1.54) is 17.0 Å². The maximum absolute atomic E-state index is 13.9. The number of carbonyl (C=O) groups is 2. The fourth-order valence-electron chi connectivity index (χ4n) is 4.05. The minimum absolute atomic E-state index is 0.0134. The molecule has 0 fully saturated rings. The zero-order chi connectivity index (χ0) is 29.3. The molecule has 3 aromatic carbocycles. The SMILES string of the molecule is CCCNC(=O)[C@@H](C)N(Cc1cccc(Cl)c1)C(=O)CN(c1ccc(C)cc1)S(=O)(=O)c1ccc(OCC)cc1. The molecule has 8 nitrogen and oxygen atoms in total. The number of hydrogen-bond acceptors (Lipinski definition) is 5. The van der Waals surface area contributed by atoms with Gasteiger partial charge in [-0.05, 0) is 81.3 Å². The molecule has 1 atom stereocenters. The largest absolute Gasteiger partial charge is 0.494 e. The average molecular weight is 586 g/mol. The number of amides is 2. The number of benzene rings is 3. The summed E-state index contributed by atoms with van der Waals surface area (Å²) in [4.78, 5) is 28.2. The maximum atomic E-state index is 13.9. The van der Waals surface area contributed by atoms with Gasteiger partial charge in [0.2, 0.25) is 11.8 Å². The number of hydrogen-bond donors (Lipinski definition) is 1. The van der Waals surface area contributed by atoms with Crippen LogP contribution in [0.2, 0.25) is 5.02 Å². The van der Waals surface area contributed by atoms with Crippen LogP contribution in [0, 0.1) is 6.92 Å². The van der Waals surface area contributed by atoms with Crippen LogP contribution in [0.4, 0.5) is 5.69 Å². The van der Waals surface area contributed by atoms with Gasteiger partial charge in [0, 0.05) is 18.1 Å². The lowest BCUT2D eigenvalue weighted by molar-refractivity contribution is -0.139. The van der Waals surface area contributed by atoms with Gasteiger partial charge in [-0.25, -0.2) is 8.42 Å². The Bertz CT molecular complexity index is 1400. The standard InChI is InChI=1S/C30H36ClN3O5S/c1-5-18-32-30(36)23(4)33(20-24-8-7-9-25(31)19-24)29(35)21-34(26-12-10-22(3)11-13-26)40(37,38)28-16-14-27(15-17-28)39-6-2/h7-17,19,23H,5-6,18,20-21H2,1-4H3,(H,32,36)/t23-/m1/s1. The second-order valence-corrected chi connectivity index (χ2v) is 11.7. The predicted octanol–water partition coefficient (Wildman–Crippen LogP) is 5.19. The van der Waals surface area contributed by atoms with Gasteiger partial charge in [-0.1, -0.05) is 48.4 Å². The van der Waals surface area contributed by atoms with Gasteiger partial charge in [0.1, 0.15) is 18.3 Å². The Balaban J connectivity index is 2.01. The van der Waals surface area contributed by atoms with Gasteiger partial charge in [0.05, 0.1) is 17.2 Å². The number of nitrogens with zero attached hydrogens (tertiary/aromatic N) is 2.